The Labute approximate surface area is 169 Å². The molecular formula is C20H19F3N4O3. The lowest BCUT2D eigenvalue weighted by Crippen LogP contribution is -2.50. The van der Waals surface area contributed by atoms with Crippen molar-refractivity contribution in [3.8, 4) is 0 Å². The van der Waals surface area contributed by atoms with Gasteiger partial charge in [0.05, 0.1) is 5.56 Å². The maximum atomic E-state index is 12.8. The standard InChI is InChI=1S/C20H19F3N4O3/c21-20(22,23)12-4-5-17(24-11-12)26-6-8-27(9-7-26)19(30)14-10-13-15(25-18(14)29)2-1-3-16(13)28/h4-5,10-11H,1-3,6-9H2,(H,25,29). The monoisotopic (exact) mass is 420 g/mol. The quantitative estimate of drug-likeness (QED) is 0.806. The molecule has 2 aromatic heterocycles. The van der Waals surface area contributed by atoms with E-state index in [1.165, 1.54) is 17.0 Å². The number of aryl methyl sites for hydroxylation is 1. The van der Waals surface area contributed by atoms with Crippen LogP contribution in [0.4, 0.5) is 19.0 Å². The number of aromatic amines is 1. The molecule has 2 aromatic rings. The van der Waals surface area contributed by atoms with Crippen molar-refractivity contribution >= 4 is 17.5 Å². The number of ketones is 1. The molecule has 10 heteroatoms. The van der Waals surface area contributed by atoms with Crippen LogP contribution in [0, 0.1) is 0 Å². The van der Waals surface area contributed by atoms with Gasteiger partial charge in [0.25, 0.3) is 11.5 Å². The van der Waals surface area contributed by atoms with E-state index in [4.69, 9.17) is 0 Å². The molecule has 1 fully saturated rings. The average Bonchev–Trinajstić information content (AvgIpc) is 2.73. The summed E-state index contributed by atoms with van der Waals surface area (Å²) in [5, 5.41) is 0. The van der Waals surface area contributed by atoms with Gasteiger partial charge in [-0.15, -0.1) is 0 Å². The number of H-pyrrole nitrogens is 1. The van der Waals surface area contributed by atoms with E-state index in [0.717, 1.165) is 12.3 Å². The fourth-order valence-corrected chi connectivity index (χ4v) is 3.78. The lowest BCUT2D eigenvalue weighted by Gasteiger charge is -2.35. The van der Waals surface area contributed by atoms with Crippen LogP contribution in [-0.4, -0.2) is 52.7 Å². The summed E-state index contributed by atoms with van der Waals surface area (Å²) in [7, 11) is 0. The number of hydrogen-bond acceptors (Lipinski definition) is 5. The molecule has 0 saturated carbocycles. The zero-order chi connectivity index (χ0) is 21.5. The van der Waals surface area contributed by atoms with Crippen LogP contribution in [-0.2, 0) is 12.6 Å². The number of halogens is 3. The van der Waals surface area contributed by atoms with Gasteiger partial charge in [-0.05, 0) is 31.0 Å². The first-order valence-corrected chi connectivity index (χ1v) is 9.61. The molecule has 158 valence electrons. The highest BCUT2D eigenvalue weighted by atomic mass is 19.4. The highest BCUT2D eigenvalue weighted by Gasteiger charge is 2.31. The Morgan fingerprint density at radius 2 is 1.80 bits per heavy atom. The Bertz CT molecular complexity index is 1040. The summed E-state index contributed by atoms with van der Waals surface area (Å²) in [4.78, 5) is 47.1. The minimum absolute atomic E-state index is 0.0647. The van der Waals surface area contributed by atoms with Crippen LogP contribution in [0.1, 0.15) is 44.8 Å². The normalized spacial score (nSPS) is 17.1. The van der Waals surface area contributed by atoms with Crippen molar-refractivity contribution in [2.24, 2.45) is 0 Å². The second-order valence-electron chi connectivity index (χ2n) is 7.36. The molecule has 7 nitrogen and oxygen atoms in total. The van der Waals surface area contributed by atoms with Crippen LogP contribution in [0.15, 0.2) is 29.2 Å². The highest BCUT2D eigenvalue weighted by Crippen LogP contribution is 2.29. The number of anilines is 1. The predicted molar refractivity (Wildman–Crippen MR) is 102 cm³/mol. The van der Waals surface area contributed by atoms with Gasteiger partial charge in [0, 0.05) is 50.1 Å². The number of pyridine rings is 2. The lowest BCUT2D eigenvalue weighted by molar-refractivity contribution is -0.137. The third-order valence-electron chi connectivity index (χ3n) is 5.45. The van der Waals surface area contributed by atoms with E-state index in [1.807, 2.05) is 0 Å². The fraction of sp³-hybridized carbons (Fsp3) is 0.400. The number of carbonyl (C=O) groups is 2. The molecule has 2 aliphatic rings. The first kappa shape index (κ1) is 20.1. The largest absolute Gasteiger partial charge is 0.417 e. The Balaban J connectivity index is 1.46. The number of rotatable bonds is 2. The van der Waals surface area contributed by atoms with E-state index in [9.17, 15) is 27.6 Å². The molecule has 1 amide bonds. The van der Waals surface area contributed by atoms with E-state index in [2.05, 4.69) is 9.97 Å². The molecule has 0 spiro atoms. The number of piperazine rings is 1. The van der Waals surface area contributed by atoms with Crippen molar-refractivity contribution in [2.45, 2.75) is 25.4 Å². The Morgan fingerprint density at radius 1 is 1.07 bits per heavy atom. The summed E-state index contributed by atoms with van der Waals surface area (Å²) >= 11 is 0. The maximum absolute atomic E-state index is 12.8. The number of Topliss-reactive ketones (excluding diaryl/α,β-unsaturated/α-hetero) is 1. The van der Waals surface area contributed by atoms with Crippen LogP contribution in [0.3, 0.4) is 0 Å². The smallest absolute Gasteiger partial charge is 0.353 e. The Morgan fingerprint density at radius 3 is 2.43 bits per heavy atom. The number of carbonyl (C=O) groups excluding carboxylic acids is 2. The van der Waals surface area contributed by atoms with Crippen molar-refractivity contribution in [1.29, 1.82) is 0 Å². The Kier molecular flexibility index (Phi) is 5.08. The van der Waals surface area contributed by atoms with Crippen molar-refractivity contribution < 1.29 is 22.8 Å². The summed E-state index contributed by atoms with van der Waals surface area (Å²) in [5.74, 6) is -0.149. The van der Waals surface area contributed by atoms with E-state index < -0.39 is 23.2 Å². The van der Waals surface area contributed by atoms with Crippen LogP contribution >= 0.6 is 0 Å². The van der Waals surface area contributed by atoms with E-state index in [1.54, 1.807) is 4.90 Å². The number of amides is 1. The molecule has 0 bridgehead atoms. The van der Waals surface area contributed by atoms with Gasteiger partial charge in [0.1, 0.15) is 11.4 Å². The van der Waals surface area contributed by atoms with E-state index in [-0.39, 0.29) is 24.4 Å². The molecule has 0 aromatic carbocycles. The van der Waals surface area contributed by atoms with Crippen LogP contribution in [0.25, 0.3) is 0 Å². The van der Waals surface area contributed by atoms with Crippen LogP contribution < -0.4 is 10.5 Å². The van der Waals surface area contributed by atoms with Crippen molar-refractivity contribution in [3.63, 3.8) is 0 Å². The number of fused-ring (bicyclic) bond motifs is 1. The van der Waals surface area contributed by atoms with Gasteiger partial charge >= 0.3 is 6.18 Å². The van der Waals surface area contributed by atoms with Crippen molar-refractivity contribution in [3.05, 3.63) is 57.1 Å². The summed E-state index contributed by atoms with van der Waals surface area (Å²) in [6, 6.07) is 3.67. The molecule has 1 N–H and O–H groups in total. The average molecular weight is 420 g/mol. The first-order chi connectivity index (χ1) is 14.2. The van der Waals surface area contributed by atoms with Gasteiger partial charge in [0.15, 0.2) is 5.78 Å². The molecule has 30 heavy (non-hydrogen) atoms. The van der Waals surface area contributed by atoms with Gasteiger partial charge < -0.3 is 14.8 Å². The lowest BCUT2D eigenvalue weighted by atomic mass is 9.93. The van der Waals surface area contributed by atoms with Crippen LogP contribution in [0.2, 0.25) is 0 Å². The van der Waals surface area contributed by atoms with Gasteiger partial charge in [0.2, 0.25) is 0 Å². The number of aromatic nitrogens is 2. The van der Waals surface area contributed by atoms with Gasteiger partial charge in [-0.25, -0.2) is 4.98 Å². The molecule has 0 unspecified atom stereocenters. The molecule has 1 saturated heterocycles. The SMILES string of the molecule is O=C1CCCc2[nH]c(=O)c(C(=O)N3CCN(c4ccc(C(F)(F)F)cn4)CC3)cc21. The van der Waals surface area contributed by atoms with Crippen molar-refractivity contribution in [1.82, 2.24) is 14.9 Å². The molecule has 1 aliphatic heterocycles. The summed E-state index contributed by atoms with van der Waals surface area (Å²) < 4.78 is 38.0. The zero-order valence-corrected chi connectivity index (χ0v) is 16.0. The van der Waals surface area contributed by atoms with Crippen molar-refractivity contribution in [2.75, 3.05) is 31.1 Å². The number of hydrogen-bond donors (Lipinski definition) is 1. The topological polar surface area (TPSA) is 86.4 Å². The van der Waals surface area contributed by atoms with Gasteiger partial charge in [-0.1, -0.05) is 0 Å². The predicted octanol–water partition coefficient (Wildman–Crippen LogP) is 2.27. The molecule has 1 aliphatic carbocycles. The number of nitrogens with zero attached hydrogens (tertiary/aromatic N) is 3. The minimum Gasteiger partial charge on any atom is -0.353 e. The van der Waals surface area contributed by atoms with Gasteiger partial charge in [-0.2, -0.15) is 13.2 Å². The summed E-state index contributed by atoms with van der Waals surface area (Å²) in [6.45, 7) is 1.30. The molecular weight excluding hydrogens is 401 g/mol. The van der Waals surface area contributed by atoms with E-state index in [0.29, 0.717) is 49.4 Å². The number of alkyl halides is 3. The zero-order valence-electron chi connectivity index (χ0n) is 16.0. The molecule has 0 radical (unpaired) electrons. The second kappa shape index (κ2) is 7.58. The number of nitrogens with one attached hydrogen (secondary N) is 1. The van der Waals surface area contributed by atoms with Crippen LogP contribution in [0.5, 0.6) is 0 Å². The maximum Gasteiger partial charge on any atom is 0.417 e. The molecule has 4 rings (SSSR count). The van der Waals surface area contributed by atoms with E-state index >= 15 is 0 Å². The first-order valence-electron chi connectivity index (χ1n) is 9.61. The summed E-state index contributed by atoms with van der Waals surface area (Å²) in [6.07, 6.45) is -1.99. The Hall–Kier alpha value is -3.17. The third-order valence-corrected chi connectivity index (χ3v) is 5.45. The minimum atomic E-state index is -4.44. The van der Waals surface area contributed by atoms with Gasteiger partial charge in [-0.3, -0.25) is 14.4 Å². The molecule has 0 atom stereocenters. The second-order valence-corrected chi connectivity index (χ2v) is 7.36. The third kappa shape index (κ3) is 3.81. The summed E-state index contributed by atoms with van der Waals surface area (Å²) in [5.41, 5.74) is -0.422. The fourth-order valence-electron chi connectivity index (χ4n) is 3.78. The highest BCUT2D eigenvalue weighted by molar-refractivity contribution is 6.01. The molecule has 3 heterocycles.